The number of fused-ring (bicyclic) bond motifs is 1. The zero-order valence-corrected chi connectivity index (χ0v) is 8.74. The highest BCUT2D eigenvalue weighted by Gasteiger charge is 2.11. The van der Waals surface area contributed by atoms with E-state index < -0.39 is 0 Å². The highest BCUT2D eigenvalue weighted by molar-refractivity contribution is 6.09. The van der Waals surface area contributed by atoms with Gasteiger partial charge in [-0.25, -0.2) is 0 Å². The van der Waals surface area contributed by atoms with Crippen LogP contribution in [-0.4, -0.2) is 10.9 Å². The van der Waals surface area contributed by atoms with Gasteiger partial charge < -0.3 is 5.11 Å². The highest BCUT2D eigenvalue weighted by Crippen LogP contribution is 2.29. The topological polar surface area (TPSA) is 37.3 Å². The number of Topliss-reactive ketones (excluding diaryl/α,β-unsaturated/α-hetero) is 1. The summed E-state index contributed by atoms with van der Waals surface area (Å²) in [5, 5.41) is 11.5. The predicted molar refractivity (Wildman–Crippen MR) is 60.4 cm³/mol. The average molecular weight is 200 g/mol. The number of phenolic OH excluding ortho intramolecular Hbond substituents is 1. The van der Waals surface area contributed by atoms with Gasteiger partial charge in [-0.15, -0.1) is 0 Å². The number of phenols is 1. The van der Waals surface area contributed by atoms with Crippen molar-refractivity contribution in [2.24, 2.45) is 0 Å². The summed E-state index contributed by atoms with van der Waals surface area (Å²) in [7, 11) is 0. The lowest BCUT2D eigenvalue weighted by Gasteiger charge is -2.07. The first-order valence-corrected chi connectivity index (χ1v) is 4.83. The van der Waals surface area contributed by atoms with Crippen LogP contribution in [0.5, 0.6) is 5.75 Å². The molecule has 0 saturated heterocycles. The molecule has 2 heteroatoms. The normalized spacial score (nSPS) is 10.5. The maximum atomic E-state index is 11.4. The highest BCUT2D eigenvalue weighted by atomic mass is 16.3. The molecular weight excluding hydrogens is 188 g/mol. The third-order valence-electron chi connectivity index (χ3n) is 2.61. The molecule has 0 aliphatic heterocycles. The first-order valence-electron chi connectivity index (χ1n) is 4.83. The summed E-state index contributed by atoms with van der Waals surface area (Å²) in [6.45, 7) is 3.46. The van der Waals surface area contributed by atoms with E-state index in [0.717, 1.165) is 16.3 Å². The summed E-state index contributed by atoms with van der Waals surface area (Å²) in [4.78, 5) is 11.4. The molecule has 0 bridgehead atoms. The predicted octanol–water partition coefficient (Wildman–Crippen LogP) is 3.06. The summed E-state index contributed by atoms with van der Waals surface area (Å²) in [5.41, 5.74) is 1.52. The number of hydrogen-bond acceptors (Lipinski definition) is 2. The molecule has 0 heterocycles. The molecular formula is C13H12O2. The molecule has 0 atom stereocenters. The maximum absolute atomic E-state index is 11.4. The smallest absolute Gasteiger partial charge is 0.164 e. The Hall–Kier alpha value is -1.83. The molecule has 15 heavy (non-hydrogen) atoms. The number of hydrogen-bond donors (Lipinski definition) is 1. The molecule has 0 aliphatic rings. The van der Waals surface area contributed by atoms with Gasteiger partial charge >= 0.3 is 0 Å². The van der Waals surface area contributed by atoms with Crippen LogP contribution in [0.2, 0.25) is 0 Å². The number of aromatic hydroxyl groups is 1. The van der Waals surface area contributed by atoms with E-state index in [4.69, 9.17) is 0 Å². The standard InChI is InChI=1S/C13H12O2/c1-8-4-3-5-11-10(8)6-7-12(15)13(11)9(2)14/h3-7,15H,1-2H3. The van der Waals surface area contributed by atoms with Crippen molar-refractivity contribution in [2.75, 3.05) is 0 Å². The van der Waals surface area contributed by atoms with Crippen LogP contribution in [0.3, 0.4) is 0 Å². The molecule has 2 aromatic rings. The number of ketones is 1. The van der Waals surface area contributed by atoms with Crippen molar-refractivity contribution >= 4 is 16.6 Å². The monoisotopic (exact) mass is 200 g/mol. The largest absolute Gasteiger partial charge is 0.507 e. The van der Waals surface area contributed by atoms with Crippen molar-refractivity contribution in [1.29, 1.82) is 0 Å². The number of carbonyl (C=O) groups is 1. The Bertz CT molecular complexity index is 541. The van der Waals surface area contributed by atoms with Crippen LogP contribution in [0.15, 0.2) is 30.3 Å². The van der Waals surface area contributed by atoms with Crippen molar-refractivity contribution < 1.29 is 9.90 Å². The van der Waals surface area contributed by atoms with Crippen LogP contribution in [-0.2, 0) is 0 Å². The first kappa shape index (κ1) is 9.71. The van der Waals surface area contributed by atoms with Crippen LogP contribution in [0.4, 0.5) is 0 Å². The molecule has 0 radical (unpaired) electrons. The van der Waals surface area contributed by atoms with Crippen molar-refractivity contribution in [1.82, 2.24) is 0 Å². The summed E-state index contributed by atoms with van der Waals surface area (Å²) in [6.07, 6.45) is 0. The Balaban J connectivity index is 2.94. The number of benzene rings is 2. The van der Waals surface area contributed by atoms with E-state index in [1.165, 1.54) is 6.92 Å². The lowest BCUT2D eigenvalue weighted by molar-refractivity contribution is 0.101. The molecule has 0 fully saturated rings. The minimum Gasteiger partial charge on any atom is -0.507 e. The van der Waals surface area contributed by atoms with Crippen LogP contribution < -0.4 is 0 Å². The lowest BCUT2D eigenvalue weighted by atomic mass is 9.98. The van der Waals surface area contributed by atoms with E-state index in [1.54, 1.807) is 6.07 Å². The van der Waals surface area contributed by atoms with Gasteiger partial charge in [-0.1, -0.05) is 24.3 Å². The van der Waals surface area contributed by atoms with E-state index in [-0.39, 0.29) is 11.5 Å². The third kappa shape index (κ3) is 1.48. The molecule has 0 aromatic heterocycles. The van der Waals surface area contributed by atoms with Crippen molar-refractivity contribution in [3.8, 4) is 5.75 Å². The summed E-state index contributed by atoms with van der Waals surface area (Å²) < 4.78 is 0. The second kappa shape index (κ2) is 3.39. The fourth-order valence-corrected chi connectivity index (χ4v) is 1.87. The molecule has 76 valence electrons. The minimum absolute atomic E-state index is 0.0561. The zero-order chi connectivity index (χ0) is 11.0. The molecule has 0 aliphatic carbocycles. The van der Waals surface area contributed by atoms with E-state index in [2.05, 4.69) is 0 Å². The van der Waals surface area contributed by atoms with E-state index in [9.17, 15) is 9.90 Å². The summed E-state index contributed by atoms with van der Waals surface area (Å²) in [5.74, 6) is -0.0516. The second-order valence-corrected chi connectivity index (χ2v) is 3.69. The van der Waals surface area contributed by atoms with Gasteiger partial charge in [0.05, 0.1) is 5.56 Å². The Labute approximate surface area is 88.2 Å². The fraction of sp³-hybridized carbons (Fsp3) is 0.154. The van der Waals surface area contributed by atoms with Gasteiger partial charge in [0.2, 0.25) is 0 Å². The number of rotatable bonds is 1. The Morgan fingerprint density at radius 1 is 1.13 bits per heavy atom. The van der Waals surface area contributed by atoms with Gasteiger partial charge in [0.25, 0.3) is 0 Å². The zero-order valence-electron chi connectivity index (χ0n) is 8.74. The molecule has 0 saturated carbocycles. The molecule has 1 N–H and O–H groups in total. The Morgan fingerprint density at radius 3 is 2.53 bits per heavy atom. The number of aryl methyl sites for hydroxylation is 1. The maximum Gasteiger partial charge on any atom is 0.164 e. The molecule has 0 unspecified atom stereocenters. The molecule has 0 amide bonds. The minimum atomic E-state index is -0.108. The van der Waals surface area contributed by atoms with Crippen molar-refractivity contribution in [3.63, 3.8) is 0 Å². The van der Waals surface area contributed by atoms with Gasteiger partial charge in [-0.05, 0) is 36.2 Å². The van der Waals surface area contributed by atoms with E-state index in [1.807, 2.05) is 31.2 Å². The Kier molecular flexibility index (Phi) is 2.19. The SMILES string of the molecule is CC(=O)c1c(O)ccc2c(C)cccc12. The quantitative estimate of drug-likeness (QED) is 0.718. The Morgan fingerprint density at radius 2 is 1.87 bits per heavy atom. The summed E-state index contributed by atoms with van der Waals surface area (Å²) in [6, 6.07) is 9.16. The molecule has 2 aromatic carbocycles. The van der Waals surface area contributed by atoms with Crippen LogP contribution in [0, 0.1) is 6.92 Å². The van der Waals surface area contributed by atoms with Gasteiger partial charge in [0, 0.05) is 0 Å². The van der Waals surface area contributed by atoms with Crippen molar-refractivity contribution in [3.05, 3.63) is 41.5 Å². The number of carbonyl (C=O) groups excluding carboxylic acids is 1. The van der Waals surface area contributed by atoms with E-state index >= 15 is 0 Å². The second-order valence-electron chi connectivity index (χ2n) is 3.69. The van der Waals surface area contributed by atoms with E-state index in [0.29, 0.717) is 5.56 Å². The van der Waals surface area contributed by atoms with Crippen LogP contribution >= 0.6 is 0 Å². The molecule has 2 rings (SSSR count). The fourth-order valence-electron chi connectivity index (χ4n) is 1.87. The summed E-state index contributed by atoms with van der Waals surface area (Å²) >= 11 is 0. The van der Waals surface area contributed by atoms with Crippen LogP contribution in [0.25, 0.3) is 10.8 Å². The van der Waals surface area contributed by atoms with Gasteiger partial charge in [-0.3, -0.25) is 4.79 Å². The van der Waals surface area contributed by atoms with Crippen molar-refractivity contribution in [2.45, 2.75) is 13.8 Å². The lowest BCUT2D eigenvalue weighted by Crippen LogP contribution is -1.95. The van der Waals surface area contributed by atoms with Gasteiger partial charge in [0.15, 0.2) is 5.78 Å². The van der Waals surface area contributed by atoms with Crippen LogP contribution in [0.1, 0.15) is 22.8 Å². The van der Waals surface area contributed by atoms with Gasteiger partial charge in [0.1, 0.15) is 5.75 Å². The van der Waals surface area contributed by atoms with Gasteiger partial charge in [-0.2, -0.15) is 0 Å². The molecule has 0 spiro atoms. The molecule has 2 nitrogen and oxygen atoms in total. The first-order chi connectivity index (χ1) is 7.11. The third-order valence-corrected chi connectivity index (χ3v) is 2.61. The average Bonchev–Trinajstić information content (AvgIpc) is 2.17.